The number of hydrogen-bond donors (Lipinski definition) is 10. The Balaban J connectivity index is 0.000000394. The van der Waals surface area contributed by atoms with E-state index in [2.05, 4.69) is 70.4 Å². The highest BCUT2D eigenvalue weighted by molar-refractivity contribution is 14.2. The molecule has 10 fully saturated rings. The maximum Gasteiger partial charge on any atom is 0.329 e. The third-order valence-electron chi connectivity index (χ3n) is 15.9. The second-order valence-corrected chi connectivity index (χ2v) is 38.6. The summed E-state index contributed by atoms with van der Waals surface area (Å²) in [4.78, 5) is 139. The Morgan fingerprint density at radius 2 is 1.04 bits per heavy atom. The number of rotatable bonds is 10. The molecule has 94 heavy (non-hydrogen) atoms. The van der Waals surface area contributed by atoms with Crippen LogP contribution < -0.4 is 0 Å². The lowest BCUT2D eigenvalue weighted by atomic mass is 9.99. The van der Waals surface area contributed by atoms with Crippen molar-refractivity contribution in [2.45, 2.75) is 151 Å². The van der Waals surface area contributed by atoms with Crippen LogP contribution in [-0.4, -0.2) is 336 Å². The van der Waals surface area contributed by atoms with Gasteiger partial charge in [-0.2, -0.15) is 0 Å². The molecule has 8 heterocycles. The van der Waals surface area contributed by atoms with Gasteiger partial charge in [-0.1, -0.05) is 52.1 Å². The molecule has 6 N–H and O–H groups in total. The Bertz CT molecular complexity index is 2940. The first-order valence-electron chi connectivity index (χ1n) is 32.8. The quantitative estimate of drug-likeness (QED) is 0.0374. The second-order valence-electron chi connectivity index (χ2n) is 23.1. The minimum Gasteiger partial charge on any atom is -0.480 e. The van der Waals surface area contributed by atoms with Crippen molar-refractivity contribution >= 4 is 221 Å². The zero-order valence-electron chi connectivity index (χ0n) is 60.6. The number of morpholine rings is 2. The summed E-state index contributed by atoms with van der Waals surface area (Å²) in [5.41, 5.74) is -0.254. The largest absolute Gasteiger partial charge is 0.480 e. The SMILES string of the molecule is CS(C)(C)(=O)I.[2H]B(C)S.[2H]B(C)S.[2H]B(C)S.[2H]B(C)S.[3H]OC[C@@H]1C2CC2C(=O)N1C([B])=O.[3H]OC[C@@H]1C2OC2C(=O)N1C([B])=O.[3H]OC[C@@H]1C=CC(=O)N1C([B])=O.[3H]OC[C@@H]1C=CC(=O)N1C([B])=O.[B]C(=O)N1C2CCCC23CC3[C@H]1C(=O)O.[B]C(=O)N1C2CCCC23OC3[C@H]1C(=O)O. The number of ether oxygens (including phenoxy) is 2. The normalized spacial score (nSPS) is 32.8. The van der Waals surface area contributed by atoms with Gasteiger partial charge < -0.3 is 49.9 Å². The standard InChI is InChI=1S/C10H12BNO3.C9H10BNO4.C7H8BNO3.C6H6BNO4.2C6H6BNO3.C3H9IOS.4CH5BS/c11-9(15)12-6-2-1-3-10(6)4-5(10)7(12)8(13)14;10-8(14)11-4-2-1-3-9(4)6(15-9)5(11)7(12)13;8-7(12)9-5(2-10)3-1-4(3)6(9)11;7-6(11)8-2(1-9)3-4(12-3)5(8)10;2*7-6(11)8-4(3-9)1-2-5(8)10;1-6(2,3,4)5;4*1-2-3/h5-7H,1-4H2,(H,13,14);4-6H,1-3H2,(H,12,13);3-5,10H,1-2H2;2-4,9H,1H2;2*1-2,4,9H,3H2;1-3H3;4*2-3H,1H3/t5?,6?,7-,10?;4?,5-,6?,9?;3?,4?,5-;2-,3?,4?;2*4-;;;;;/m001100...../s1/i;;10T;3*9T;;4*2D. The van der Waals surface area contributed by atoms with Crippen LogP contribution in [0.2, 0.25) is 27.3 Å². The summed E-state index contributed by atoms with van der Waals surface area (Å²) in [6.45, 7) is 5.81. The van der Waals surface area contributed by atoms with Gasteiger partial charge in [0.2, 0.25) is 58.7 Å². The fourth-order valence-electron chi connectivity index (χ4n) is 12.4. The van der Waals surface area contributed by atoms with Gasteiger partial charge in [-0.3, -0.25) is 71.8 Å². The highest BCUT2D eigenvalue weighted by Gasteiger charge is 2.76. The first-order valence-corrected chi connectivity index (χ1v) is 36.6. The van der Waals surface area contributed by atoms with Crippen LogP contribution in [0.4, 0.5) is 28.8 Å². The molecule has 0 bridgehead atoms. The monoisotopic (exact) mass is 1520 g/mol. The number of amides is 10. The van der Waals surface area contributed by atoms with Gasteiger partial charge in [0.15, 0.2) is 73.1 Å². The van der Waals surface area contributed by atoms with Gasteiger partial charge in [-0.15, -0.1) is 0 Å². The summed E-state index contributed by atoms with van der Waals surface area (Å²) in [6, 6.07) is -3.48. The van der Waals surface area contributed by atoms with Crippen molar-refractivity contribution in [3.63, 3.8) is 0 Å². The van der Waals surface area contributed by atoms with E-state index in [0.717, 1.165) is 71.0 Å². The maximum atomic E-state index is 11.4. The first kappa shape index (κ1) is 73.3. The van der Waals surface area contributed by atoms with E-state index in [-0.39, 0.29) is 118 Å². The van der Waals surface area contributed by atoms with Gasteiger partial charge in [0.25, 0.3) is 17.7 Å². The Hall–Kier alpha value is -3.39. The molecule has 504 valence electrons. The molecule has 2 spiro atoms. The molecule has 10 amide bonds. The molecule has 0 aromatic heterocycles. The fraction of sp³-hybridized carbons (Fsp3) is 0.686. The number of piperidine rings is 2. The van der Waals surface area contributed by atoms with Crippen molar-refractivity contribution in [2.75, 3.05) is 45.2 Å². The van der Waals surface area contributed by atoms with Crippen LogP contribution in [0.25, 0.3) is 0 Å². The van der Waals surface area contributed by atoms with E-state index in [4.69, 9.17) is 77.8 Å². The number of aliphatic carboxylic acids is 2. The van der Waals surface area contributed by atoms with Crippen molar-refractivity contribution in [3.8, 4) is 0 Å². The lowest BCUT2D eigenvalue weighted by Crippen LogP contribution is -2.49. The Morgan fingerprint density at radius 3 is 1.45 bits per heavy atom. The number of halogens is 1. The van der Waals surface area contributed by atoms with E-state index in [1.807, 2.05) is 21.2 Å². The number of likely N-dealkylation sites (tertiary alicyclic amines) is 4. The Labute approximate surface area is 603 Å². The Morgan fingerprint density at radius 1 is 0.649 bits per heavy atom. The summed E-state index contributed by atoms with van der Waals surface area (Å²) in [5, 5.41) is 34.6. The molecule has 12 radical (unpaired) electrons. The van der Waals surface area contributed by atoms with Gasteiger partial charge in [-0.05, 0) is 86.3 Å². The molecule has 12 aliphatic rings. The highest BCUT2D eigenvalue weighted by atomic mass is 127. The van der Waals surface area contributed by atoms with Gasteiger partial charge >= 0.3 is 11.9 Å². The number of imide groups is 4. The van der Waals surface area contributed by atoms with Gasteiger partial charge in [-0.25, -0.2) is 59.5 Å². The fourth-order valence-corrected chi connectivity index (χ4v) is 12.4. The van der Waals surface area contributed by atoms with Crippen LogP contribution in [0.3, 0.4) is 0 Å². The molecule has 0 aromatic rings. The Kier molecular flexibility index (Phi) is 29.4. The van der Waals surface area contributed by atoms with Crippen molar-refractivity contribution in [1.29, 1.82) is 11.1 Å². The predicted molar refractivity (Wildman–Crippen MR) is 384 cm³/mol. The number of carboxylic acid groups (broad SMARTS) is 2. The lowest BCUT2D eigenvalue weighted by molar-refractivity contribution is -0.143. The topological polar surface area (TPSA) is 388 Å². The number of aliphatic hydroxyl groups excluding tert-OH is 4. The number of carbonyl (C=O) groups is 12. The zero-order chi connectivity index (χ0) is 78.8. The van der Waals surface area contributed by atoms with E-state index >= 15 is 0 Å². The van der Waals surface area contributed by atoms with Crippen LogP contribution in [0, 0.1) is 23.2 Å². The molecule has 10 unspecified atom stereocenters. The maximum absolute atomic E-state index is 11.4. The highest BCUT2D eigenvalue weighted by Crippen LogP contribution is 2.71. The molecular formula is C51H77B10IN6O21S5. The van der Waals surface area contributed by atoms with Gasteiger partial charge in [0.05, 0.1) is 56.6 Å². The van der Waals surface area contributed by atoms with Gasteiger partial charge in [0.1, 0.15) is 23.9 Å². The molecular weight excluding hydrogens is 1430 g/mol. The number of nitrogens with zero attached hydrogens (tertiary/aromatic N) is 6. The molecule has 16 atom stereocenters. The average molecular weight is 1520 g/mol. The number of thiol groups is 4. The van der Waals surface area contributed by atoms with Crippen LogP contribution in [0.1, 0.15) is 51.4 Å². The van der Waals surface area contributed by atoms with Crippen molar-refractivity contribution in [1.82, 2.24) is 29.4 Å². The number of fused-ring (bicyclic) bond motifs is 2. The third-order valence-corrected chi connectivity index (χ3v) is 15.9. The van der Waals surface area contributed by atoms with Crippen molar-refractivity contribution < 1.29 is 102 Å². The molecule has 8 aliphatic heterocycles. The van der Waals surface area contributed by atoms with Crippen LogP contribution in [-0.2, 0) is 44.5 Å². The van der Waals surface area contributed by atoms with E-state index in [9.17, 15) is 61.7 Å². The molecule has 43 heteroatoms. The molecule has 4 saturated carbocycles. The van der Waals surface area contributed by atoms with Crippen molar-refractivity contribution in [3.05, 3.63) is 24.3 Å². The predicted octanol–water partition coefficient (Wildman–Crippen LogP) is -1.93. The molecule has 6 saturated heterocycles. The van der Waals surface area contributed by atoms with E-state index in [0.29, 0.717) is 0 Å². The molecule has 12 rings (SSSR count). The number of epoxide rings is 2. The van der Waals surface area contributed by atoms with Crippen LogP contribution >= 0.6 is 71.1 Å². The first-order chi connectivity index (χ1) is 47.0. The lowest BCUT2D eigenvalue weighted by Gasteiger charge is -2.30. The van der Waals surface area contributed by atoms with E-state index < -0.39 is 107 Å². The number of hydrogen-bond acceptors (Lipinski definition) is 23. The second kappa shape index (κ2) is 37.7. The van der Waals surface area contributed by atoms with Crippen molar-refractivity contribution in [2.24, 2.45) is 23.2 Å². The van der Waals surface area contributed by atoms with E-state index in [1.54, 1.807) is 46.1 Å². The number of carboxylic acids is 2. The van der Waals surface area contributed by atoms with Crippen LogP contribution in [0.5, 0.6) is 0 Å². The molecule has 4 aliphatic carbocycles. The molecule has 27 nitrogen and oxygen atoms in total. The van der Waals surface area contributed by atoms with Crippen LogP contribution in [0.15, 0.2) is 24.3 Å². The minimum atomic E-state index is -2.13. The average Bonchev–Trinajstić information content (AvgIpc) is 1.51. The summed E-state index contributed by atoms with van der Waals surface area (Å²) in [5.74, 6) is -7.64. The zero-order valence-corrected chi connectivity index (χ0v) is 59.1. The summed E-state index contributed by atoms with van der Waals surface area (Å²) in [6.07, 6.45) is 14.8. The summed E-state index contributed by atoms with van der Waals surface area (Å²) in [7, 11) is 30.4. The molecule has 0 aromatic carbocycles. The number of carbonyl (C=O) groups excluding carboxylic acids is 10. The smallest absolute Gasteiger partial charge is 0.329 e. The van der Waals surface area contributed by atoms with Gasteiger partial charge in [0, 0.05) is 45.3 Å². The third kappa shape index (κ3) is 22.3. The number of aliphatic hydroxyl groups is 4. The van der Waals surface area contributed by atoms with E-state index in [1.165, 1.54) is 34.1 Å². The minimum absolute atomic E-state index is 0.0485. The summed E-state index contributed by atoms with van der Waals surface area (Å²) < 4.78 is 73.0. The summed E-state index contributed by atoms with van der Waals surface area (Å²) >= 11 is 16.5.